The fraction of sp³-hybridized carbons (Fsp3) is 0.412. The summed E-state index contributed by atoms with van der Waals surface area (Å²) in [6, 6.07) is 5.28. The van der Waals surface area contributed by atoms with Crippen molar-refractivity contribution in [1.29, 1.82) is 0 Å². The first-order chi connectivity index (χ1) is 11.6. The monoisotopic (exact) mass is 331 g/mol. The maximum Gasteiger partial charge on any atom is 0.353 e. The lowest BCUT2D eigenvalue weighted by atomic mass is 10.1. The number of hydrogen-bond donors (Lipinski definition) is 2. The van der Waals surface area contributed by atoms with Crippen molar-refractivity contribution < 1.29 is 19.4 Å². The van der Waals surface area contributed by atoms with Crippen molar-refractivity contribution in [3.05, 3.63) is 23.9 Å². The number of piperidine rings is 1. The second-order valence-electron chi connectivity index (χ2n) is 5.74. The van der Waals surface area contributed by atoms with Crippen molar-refractivity contribution in [3.8, 4) is 22.8 Å². The van der Waals surface area contributed by atoms with E-state index in [1.54, 1.807) is 14.2 Å². The number of aromatic amines is 1. The lowest BCUT2D eigenvalue weighted by Crippen LogP contribution is -2.29. The highest BCUT2D eigenvalue weighted by Crippen LogP contribution is 2.40. The minimum Gasteiger partial charge on any atom is -0.496 e. The van der Waals surface area contributed by atoms with Gasteiger partial charge < -0.3 is 19.5 Å². The van der Waals surface area contributed by atoms with Gasteiger partial charge in [0.05, 0.1) is 25.6 Å². The Labute approximate surface area is 140 Å². The molecule has 2 heterocycles. The van der Waals surface area contributed by atoms with E-state index in [2.05, 4.69) is 15.1 Å². The number of H-pyrrole nitrogens is 1. The molecule has 2 aromatic rings. The zero-order valence-electron chi connectivity index (χ0n) is 13.8. The number of carboxylic acid groups (broad SMARTS) is 1. The fourth-order valence-electron chi connectivity index (χ4n) is 3.03. The SMILES string of the molecule is COc1cc(N2CCCCC2)c(OC)cc1-c1cc(C(=O)O)[nH]n1. The third-order valence-electron chi connectivity index (χ3n) is 4.28. The second kappa shape index (κ2) is 6.82. The Morgan fingerprint density at radius 2 is 1.83 bits per heavy atom. The minimum atomic E-state index is -1.05. The van der Waals surface area contributed by atoms with E-state index in [-0.39, 0.29) is 5.69 Å². The van der Waals surface area contributed by atoms with Gasteiger partial charge in [0.2, 0.25) is 0 Å². The summed E-state index contributed by atoms with van der Waals surface area (Å²) in [7, 11) is 3.22. The number of rotatable bonds is 5. The Kier molecular flexibility index (Phi) is 4.59. The number of aromatic carboxylic acids is 1. The lowest BCUT2D eigenvalue weighted by Gasteiger charge is -2.30. The molecule has 1 aliphatic rings. The number of carboxylic acids is 1. The van der Waals surface area contributed by atoms with E-state index in [4.69, 9.17) is 14.6 Å². The van der Waals surface area contributed by atoms with Gasteiger partial charge in [-0.25, -0.2) is 4.79 Å². The molecule has 0 radical (unpaired) electrons. The molecule has 7 nitrogen and oxygen atoms in total. The van der Waals surface area contributed by atoms with Crippen molar-refractivity contribution in [2.24, 2.45) is 0 Å². The van der Waals surface area contributed by atoms with Gasteiger partial charge in [-0.15, -0.1) is 0 Å². The van der Waals surface area contributed by atoms with Gasteiger partial charge in [-0.05, 0) is 31.4 Å². The van der Waals surface area contributed by atoms with Crippen molar-refractivity contribution >= 4 is 11.7 Å². The van der Waals surface area contributed by atoms with Crippen LogP contribution in [0, 0.1) is 0 Å². The molecule has 128 valence electrons. The number of hydrogen-bond acceptors (Lipinski definition) is 5. The molecule has 7 heteroatoms. The molecule has 0 atom stereocenters. The summed E-state index contributed by atoms with van der Waals surface area (Å²) in [5, 5.41) is 15.6. The van der Waals surface area contributed by atoms with Gasteiger partial charge in [0.1, 0.15) is 17.2 Å². The molecule has 1 aromatic heterocycles. The summed E-state index contributed by atoms with van der Waals surface area (Å²) in [4.78, 5) is 13.3. The Morgan fingerprint density at radius 1 is 1.12 bits per heavy atom. The van der Waals surface area contributed by atoms with Crippen LogP contribution in [0.2, 0.25) is 0 Å². The van der Waals surface area contributed by atoms with Crippen molar-refractivity contribution in [1.82, 2.24) is 10.2 Å². The molecule has 2 N–H and O–H groups in total. The third kappa shape index (κ3) is 3.02. The summed E-state index contributed by atoms with van der Waals surface area (Å²) in [5.74, 6) is 0.317. The third-order valence-corrected chi connectivity index (χ3v) is 4.28. The molecule has 1 aromatic carbocycles. The summed E-state index contributed by atoms with van der Waals surface area (Å²) in [6.07, 6.45) is 3.57. The van der Waals surface area contributed by atoms with Gasteiger partial charge in [-0.1, -0.05) is 0 Å². The number of nitrogens with zero attached hydrogens (tertiary/aromatic N) is 2. The molecule has 3 rings (SSSR count). The van der Waals surface area contributed by atoms with E-state index in [1.165, 1.54) is 12.5 Å². The predicted molar refractivity (Wildman–Crippen MR) is 90.2 cm³/mol. The molecule has 1 fully saturated rings. The molecule has 0 aliphatic carbocycles. The molecule has 24 heavy (non-hydrogen) atoms. The number of carbonyl (C=O) groups is 1. The molecule has 0 unspecified atom stereocenters. The standard InChI is InChI=1S/C17H21N3O4/c1-23-15-10-14(20-6-4-3-5-7-20)16(24-2)8-11(15)12-9-13(17(21)22)19-18-12/h8-10H,3-7H2,1-2H3,(H,18,19)(H,21,22). The first kappa shape index (κ1) is 16.2. The molecule has 0 saturated carbocycles. The summed E-state index contributed by atoms with van der Waals surface area (Å²) in [5.41, 5.74) is 2.23. The quantitative estimate of drug-likeness (QED) is 0.876. The van der Waals surface area contributed by atoms with Gasteiger partial charge in [-0.3, -0.25) is 5.10 Å². The van der Waals surface area contributed by atoms with E-state index in [0.29, 0.717) is 17.0 Å². The van der Waals surface area contributed by atoms with Crippen LogP contribution in [0.1, 0.15) is 29.8 Å². The van der Waals surface area contributed by atoms with Gasteiger partial charge in [0, 0.05) is 24.7 Å². The Balaban J connectivity index is 2.04. The molecule has 1 saturated heterocycles. The van der Waals surface area contributed by atoms with Crippen LogP contribution in [0.3, 0.4) is 0 Å². The smallest absolute Gasteiger partial charge is 0.353 e. The highest BCUT2D eigenvalue weighted by Gasteiger charge is 2.21. The molecule has 1 aliphatic heterocycles. The van der Waals surface area contributed by atoms with Crippen LogP contribution in [-0.2, 0) is 0 Å². The van der Waals surface area contributed by atoms with Gasteiger partial charge in [-0.2, -0.15) is 5.10 Å². The van der Waals surface area contributed by atoms with E-state index < -0.39 is 5.97 Å². The summed E-state index contributed by atoms with van der Waals surface area (Å²) in [6.45, 7) is 1.98. The van der Waals surface area contributed by atoms with E-state index in [9.17, 15) is 4.79 Å². The van der Waals surface area contributed by atoms with Crippen LogP contribution < -0.4 is 14.4 Å². The molecule has 0 spiro atoms. The van der Waals surface area contributed by atoms with Crippen molar-refractivity contribution in [2.75, 3.05) is 32.2 Å². The van der Waals surface area contributed by atoms with Crippen LogP contribution >= 0.6 is 0 Å². The fourth-order valence-corrected chi connectivity index (χ4v) is 3.03. The van der Waals surface area contributed by atoms with Gasteiger partial charge in [0.15, 0.2) is 0 Å². The number of nitrogens with one attached hydrogen (secondary N) is 1. The first-order valence-electron chi connectivity index (χ1n) is 7.94. The highest BCUT2D eigenvalue weighted by molar-refractivity contribution is 5.87. The number of methoxy groups -OCH3 is 2. The molecule has 0 amide bonds. The maximum absolute atomic E-state index is 11.0. The average Bonchev–Trinajstić information content (AvgIpc) is 3.11. The molecule has 0 bridgehead atoms. The Morgan fingerprint density at radius 3 is 2.42 bits per heavy atom. The number of ether oxygens (including phenoxy) is 2. The normalized spacial score (nSPS) is 14.5. The number of aromatic nitrogens is 2. The zero-order chi connectivity index (χ0) is 17.1. The molecular formula is C17H21N3O4. The predicted octanol–water partition coefficient (Wildman–Crippen LogP) is 2.78. The largest absolute Gasteiger partial charge is 0.496 e. The van der Waals surface area contributed by atoms with Crippen LogP contribution in [0.5, 0.6) is 11.5 Å². The van der Waals surface area contributed by atoms with Crippen molar-refractivity contribution in [2.45, 2.75) is 19.3 Å². The summed E-state index contributed by atoms with van der Waals surface area (Å²) >= 11 is 0. The lowest BCUT2D eigenvalue weighted by molar-refractivity contribution is 0.0690. The maximum atomic E-state index is 11.0. The highest BCUT2D eigenvalue weighted by atomic mass is 16.5. The van der Waals surface area contributed by atoms with Crippen LogP contribution in [0.25, 0.3) is 11.3 Å². The topological polar surface area (TPSA) is 87.7 Å². The Bertz CT molecular complexity index is 735. The van der Waals surface area contributed by atoms with Crippen LogP contribution in [-0.4, -0.2) is 48.6 Å². The van der Waals surface area contributed by atoms with E-state index >= 15 is 0 Å². The van der Waals surface area contributed by atoms with Crippen LogP contribution in [0.4, 0.5) is 5.69 Å². The first-order valence-corrected chi connectivity index (χ1v) is 7.94. The summed E-state index contributed by atoms with van der Waals surface area (Å²) < 4.78 is 11.1. The zero-order valence-corrected chi connectivity index (χ0v) is 13.8. The Hall–Kier alpha value is -2.70. The van der Waals surface area contributed by atoms with Crippen molar-refractivity contribution in [3.63, 3.8) is 0 Å². The number of anilines is 1. The molecular weight excluding hydrogens is 310 g/mol. The number of benzene rings is 1. The van der Waals surface area contributed by atoms with E-state index in [0.717, 1.165) is 37.4 Å². The van der Waals surface area contributed by atoms with Gasteiger partial charge in [0.25, 0.3) is 0 Å². The average molecular weight is 331 g/mol. The van der Waals surface area contributed by atoms with Gasteiger partial charge >= 0.3 is 5.97 Å². The van der Waals surface area contributed by atoms with Crippen LogP contribution in [0.15, 0.2) is 18.2 Å². The minimum absolute atomic E-state index is 0.0335. The second-order valence-corrected chi connectivity index (χ2v) is 5.74. The van der Waals surface area contributed by atoms with E-state index in [1.807, 2.05) is 12.1 Å².